The van der Waals surface area contributed by atoms with Gasteiger partial charge in [-0.05, 0) is 63.9 Å². The lowest BCUT2D eigenvalue weighted by atomic mass is 9.93. The van der Waals surface area contributed by atoms with Crippen LogP contribution >= 0.6 is 0 Å². The van der Waals surface area contributed by atoms with Crippen molar-refractivity contribution in [3.63, 3.8) is 0 Å². The van der Waals surface area contributed by atoms with Gasteiger partial charge in [0.2, 0.25) is 0 Å². The van der Waals surface area contributed by atoms with E-state index < -0.39 is 0 Å². The Morgan fingerprint density at radius 1 is 1.24 bits per heavy atom. The second-order valence-corrected chi connectivity index (χ2v) is 5.97. The minimum atomic E-state index is 0.858. The maximum absolute atomic E-state index is 4.71. The second-order valence-electron chi connectivity index (χ2n) is 5.97. The molecule has 1 fully saturated rings. The summed E-state index contributed by atoms with van der Waals surface area (Å²) in [7, 11) is 2.03. The molecular weight excluding hydrogens is 260 g/mol. The van der Waals surface area contributed by atoms with Gasteiger partial charge in [0.1, 0.15) is 5.52 Å². The average molecular weight is 284 g/mol. The van der Waals surface area contributed by atoms with Crippen molar-refractivity contribution < 1.29 is 0 Å². The Morgan fingerprint density at radius 3 is 2.81 bits per heavy atom. The summed E-state index contributed by atoms with van der Waals surface area (Å²) in [6.07, 6.45) is 5.75. The minimum Gasteiger partial charge on any atom is -0.370 e. The number of fused-ring (bicyclic) bond motifs is 1. The summed E-state index contributed by atoms with van der Waals surface area (Å²) in [5.41, 5.74) is 4.35. The van der Waals surface area contributed by atoms with E-state index >= 15 is 0 Å². The lowest BCUT2D eigenvalue weighted by Gasteiger charge is -2.34. The highest BCUT2D eigenvalue weighted by Crippen LogP contribution is 2.29. The topological polar surface area (TPSA) is 41.0 Å². The molecule has 112 valence electrons. The van der Waals surface area contributed by atoms with Crippen LogP contribution in [0.2, 0.25) is 0 Å². The average Bonchev–Trinajstić information content (AvgIpc) is 2.53. The number of nitrogens with zero attached hydrogens (tertiary/aromatic N) is 3. The van der Waals surface area contributed by atoms with Crippen LogP contribution < -0.4 is 10.2 Å². The van der Waals surface area contributed by atoms with Gasteiger partial charge in [-0.3, -0.25) is 4.98 Å². The first-order chi connectivity index (χ1) is 10.3. The summed E-state index contributed by atoms with van der Waals surface area (Å²) in [6.45, 7) is 5.43. The van der Waals surface area contributed by atoms with Crippen LogP contribution in [0, 0.1) is 12.8 Å². The van der Waals surface area contributed by atoms with Crippen molar-refractivity contribution >= 4 is 16.7 Å². The molecule has 4 nitrogen and oxygen atoms in total. The van der Waals surface area contributed by atoms with E-state index in [9.17, 15) is 0 Å². The van der Waals surface area contributed by atoms with Gasteiger partial charge >= 0.3 is 0 Å². The maximum atomic E-state index is 4.71. The van der Waals surface area contributed by atoms with E-state index in [1.54, 1.807) is 0 Å². The van der Waals surface area contributed by atoms with E-state index in [1.165, 1.54) is 24.9 Å². The fourth-order valence-electron chi connectivity index (χ4n) is 3.18. The van der Waals surface area contributed by atoms with E-state index in [2.05, 4.69) is 27.3 Å². The van der Waals surface area contributed by atoms with Crippen LogP contribution in [0.15, 0.2) is 24.4 Å². The summed E-state index contributed by atoms with van der Waals surface area (Å²) < 4.78 is 0. The van der Waals surface area contributed by atoms with Gasteiger partial charge in [0.25, 0.3) is 0 Å². The first kappa shape index (κ1) is 14.3. The first-order valence-electron chi connectivity index (χ1n) is 7.90. The molecule has 21 heavy (non-hydrogen) atoms. The molecule has 0 aliphatic carbocycles. The molecule has 0 saturated carbocycles. The summed E-state index contributed by atoms with van der Waals surface area (Å²) in [4.78, 5) is 11.6. The standard InChI is InChI=1S/C17H24N4/c1-13-3-4-15-17(20-13)16(6-10-19-15)21-11-7-14(8-12-21)5-9-18-2/h3-4,6,10,14,18H,5,7-9,11-12H2,1-2H3. The molecule has 0 bridgehead atoms. The van der Waals surface area contributed by atoms with Crippen molar-refractivity contribution in [1.29, 1.82) is 0 Å². The van der Waals surface area contributed by atoms with Crippen LogP contribution in [-0.4, -0.2) is 36.6 Å². The van der Waals surface area contributed by atoms with Gasteiger partial charge in [0, 0.05) is 25.0 Å². The molecule has 2 aromatic rings. The molecule has 0 aromatic carbocycles. The quantitative estimate of drug-likeness (QED) is 0.937. The third-order valence-electron chi connectivity index (χ3n) is 4.46. The molecule has 1 aliphatic heterocycles. The predicted molar refractivity (Wildman–Crippen MR) is 87.8 cm³/mol. The number of aromatic nitrogens is 2. The zero-order valence-corrected chi connectivity index (χ0v) is 13.0. The zero-order valence-electron chi connectivity index (χ0n) is 13.0. The molecule has 0 amide bonds. The number of aryl methyl sites for hydroxylation is 1. The SMILES string of the molecule is CNCCC1CCN(c2ccnc3ccc(C)nc23)CC1. The number of hydrogen-bond donors (Lipinski definition) is 1. The number of rotatable bonds is 4. The Labute approximate surface area is 126 Å². The smallest absolute Gasteiger partial charge is 0.112 e. The normalized spacial score (nSPS) is 16.6. The van der Waals surface area contributed by atoms with E-state index in [0.717, 1.165) is 42.3 Å². The molecule has 1 aliphatic rings. The lowest BCUT2D eigenvalue weighted by molar-refractivity contribution is 0.378. The number of piperidine rings is 1. The van der Waals surface area contributed by atoms with Crippen molar-refractivity contribution in [1.82, 2.24) is 15.3 Å². The van der Waals surface area contributed by atoms with Crippen LogP contribution in [0.1, 0.15) is 25.0 Å². The Hall–Kier alpha value is -1.68. The van der Waals surface area contributed by atoms with Gasteiger partial charge in [-0.25, -0.2) is 4.98 Å². The van der Waals surface area contributed by atoms with Crippen LogP contribution in [0.4, 0.5) is 5.69 Å². The highest BCUT2D eigenvalue weighted by Gasteiger charge is 2.20. The summed E-state index contributed by atoms with van der Waals surface area (Å²) in [6, 6.07) is 6.21. The van der Waals surface area contributed by atoms with Gasteiger partial charge in [-0.2, -0.15) is 0 Å². The van der Waals surface area contributed by atoms with Gasteiger partial charge < -0.3 is 10.2 Å². The van der Waals surface area contributed by atoms with E-state index in [1.807, 2.05) is 26.2 Å². The molecule has 3 heterocycles. The molecule has 0 unspecified atom stereocenters. The molecular formula is C17H24N4. The predicted octanol–water partition coefficient (Wildman–Crippen LogP) is 2.76. The fourth-order valence-corrected chi connectivity index (χ4v) is 3.18. The maximum Gasteiger partial charge on any atom is 0.112 e. The fraction of sp³-hybridized carbons (Fsp3) is 0.529. The van der Waals surface area contributed by atoms with Crippen molar-refractivity contribution in [2.24, 2.45) is 5.92 Å². The number of pyridine rings is 2. The number of anilines is 1. The van der Waals surface area contributed by atoms with E-state index in [4.69, 9.17) is 4.98 Å². The summed E-state index contributed by atoms with van der Waals surface area (Å²) in [5, 5.41) is 3.26. The minimum absolute atomic E-state index is 0.858. The largest absolute Gasteiger partial charge is 0.370 e. The molecule has 0 spiro atoms. The third kappa shape index (κ3) is 3.16. The van der Waals surface area contributed by atoms with Crippen LogP contribution in [0.25, 0.3) is 11.0 Å². The Balaban J connectivity index is 1.78. The highest BCUT2D eigenvalue weighted by molar-refractivity contribution is 5.87. The van der Waals surface area contributed by atoms with Crippen LogP contribution in [0.5, 0.6) is 0 Å². The van der Waals surface area contributed by atoms with Crippen LogP contribution in [-0.2, 0) is 0 Å². The van der Waals surface area contributed by atoms with Crippen molar-refractivity contribution in [2.75, 3.05) is 31.6 Å². The molecule has 0 atom stereocenters. The monoisotopic (exact) mass is 284 g/mol. The number of hydrogen-bond acceptors (Lipinski definition) is 4. The lowest BCUT2D eigenvalue weighted by Crippen LogP contribution is -2.34. The van der Waals surface area contributed by atoms with Crippen molar-refractivity contribution in [2.45, 2.75) is 26.2 Å². The van der Waals surface area contributed by atoms with Gasteiger partial charge in [0.05, 0.1) is 11.2 Å². The Kier molecular flexibility index (Phi) is 4.34. The molecule has 0 radical (unpaired) electrons. The van der Waals surface area contributed by atoms with Crippen LogP contribution in [0.3, 0.4) is 0 Å². The highest BCUT2D eigenvalue weighted by atomic mass is 15.1. The molecule has 3 rings (SSSR count). The third-order valence-corrected chi connectivity index (χ3v) is 4.46. The number of nitrogens with one attached hydrogen (secondary N) is 1. The molecule has 4 heteroatoms. The van der Waals surface area contributed by atoms with E-state index in [0.29, 0.717) is 0 Å². The van der Waals surface area contributed by atoms with Crippen molar-refractivity contribution in [3.8, 4) is 0 Å². The molecule has 1 N–H and O–H groups in total. The second kappa shape index (κ2) is 6.39. The van der Waals surface area contributed by atoms with Crippen molar-refractivity contribution in [3.05, 3.63) is 30.1 Å². The van der Waals surface area contributed by atoms with Gasteiger partial charge in [-0.15, -0.1) is 0 Å². The summed E-state index contributed by atoms with van der Waals surface area (Å²) >= 11 is 0. The van der Waals surface area contributed by atoms with Gasteiger partial charge in [0.15, 0.2) is 0 Å². The zero-order chi connectivity index (χ0) is 14.7. The summed E-state index contributed by atoms with van der Waals surface area (Å²) in [5.74, 6) is 0.858. The first-order valence-corrected chi connectivity index (χ1v) is 7.90. The molecule has 1 saturated heterocycles. The van der Waals surface area contributed by atoms with E-state index in [-0.39, 0.29) is 0 Å². The Bertz CT molecular complexity index is 603. The van der Waals surface area contributed by atoms with Gasteiger partial charge in [-0.1, -0.05) is 0 Å². The Morgan fingerprint density at radius 2 is 2.05 bits per heavy atom. The molecule has 2 aromatic heterocycles.